The van der Waals surface area contributed by atoms with Crippen molar-refractivity contribution >= 4 is 46.3 Å². The van der Waals surface area contributed by atoms with E-state index in [-0.39, 0.29) is 0 Å². The van der Waals surface area contributed by atoms with Crippen molar-refractivity contribution in [1.29, 1.82) is 0 Å². The average Bonchev–Trinajstić information content (AvgIpc) is 3.10. The van der Waals surface area contributed by atoms with Gasteiger partial charge in [0.05, 0.1) is 0 Å². The lowest BCUT2D eigenvalue weighted by Crippen LogP contribution is -2.11. The van der Waals surface area contributed by atoms with E-state index >= 15 is 0 Å². The van der Waals surface area contributed by atoms with Crippen molar-refractivity contribution in [2.45, 2.75) is 59.3 Å². The normalized spacial score (nSPS) is 31.8. The molecule has 3 heterocycles. The third-order valence-corrected chi connectivity index (χ3v) is 20.5. The highest BCUT2D eigenvalue weighted by molar-refractivity contribution is 8.25. The summed E-state index contributed by atoms with van der Waals surface area (Å²) in [5.74, 6) is 0. The van der Waals surface area contributed by atoms with Crippen LogP contribution in [0.15, 0.2) is 93.6 Å². The quantitative estimate of drug-likeness (QED) is 0.372. The molecule has 0 radical (unpaired) electrons. The molecule has 0 spiro atoms. The Hall–Kier alpha value is -1.30. The summed E-state index contributed by atoms with van der Waals surface area (Å²) >= 11 is 13.8. The van der Waals surface area contributed by atoms with Crippen molar-refractivity contribution in [2.24, 2.45) is 0 Å². The van der Waals surface area contributed by atoms with Crippen LogP contribution in [-0.4, -0.2) is 11.3 Å². The van der Waals surface area contributed by atoms with Crippen LogP contribution in [0.25, 0.3) is 10.6 Å². The van der Waals surface area contributed by atoms with Crippen molar-refractivity contribution < 1.29 is 0 Å². The molecule has 4 atom stereocenters. The molecule has 2 aromatic carbocycles. The molecule has 0 nitrogen and oxygen atoms in total. The zero-order chi connectivity index (χ0) is 23.7. The molecule has 5 rings (SSSR count). The van der Waals surface area contributed by atoms with E-state index in [2.05, 4.69) is 102 Å². The Bertz CT molecular complexity index is 1280. The smallest absolute Gasteiger partial charge is 0.0151 e. The number of allylic oxidation sites excluding steroid dienone is 6. The van der Waals surface area contributed by atoms with Gasteiger partial charge in [0.1, 0.15) is 0 Å². The first kappa shape index (κ1) is 23.4. The molecule has 3 aliphatic rings. The van der Waals surface area contributed by atoms with Gasteiger partial charge in [-0.15, -0.1) is 0 Å². The lowest BCUT2D eigenvalue weighted by Gasteiger charge is -2.31. The summed E-state index contributed by atoms with van der Waals surface area (Å²) in [6, 6.07) is 17.8. The minimum atomic E-state index is -2.02. The monoisotopic (exact) mass is 506 g/mol. The topological polar surface area (TPSA) is 0 Å². The van der Waals surface area contributed by atoms with Crippen LogP contribution in [-0.2, 0) is 23.6 Å². The molecule has 2 unspecified atom stereocenters. The molecule has 0 saturated carbocycles. The molecule has 33 heavy (non-hydrogen) atoms. The Morgan fingerprint density at radius 1 is 0.545 bits per heavy atom. The van der Waals surface area contributed by atoms with Gasteiger partial charge in [-0.1, -0.05) is 98.1 Å². The van der Waals surface area contributed by atoms with E-state index in [1.54, 1.807) is 0 Å². The first-order chi connectivity index (χ1) is 15.6. The number of hydrogen-bond donors (Lipinski definition) is 0. The van der Waals surface area contributed by atoms with Crippen LogP contribution in [0.1, 0.15) is 59.1 Å². The molecule has 0 aliphatic carbocycles. The van der Waals surface area contributed by atoms with Crippen molar-refractivity contribution in [2.75, 3.05) is 0 Å². The van der Waals surface area contributed by atoms with E-state index in [1.807, 2.05) is 0 Å². The molecule has 3 aliphatic heterocycles. The van der Waals surface area contributed by atoms with Crippen LogP contribution in [0.4, 0.5) is 0 Å². The summed E-state index contributed by atoms with van der Waals surface area (Å²) in [6.45, 7) is 14.1. The van der Waals surface area contributed by atoms with Crippen molar-refractivity contribution in [3.63, 3.8) is 0 Å². The number of fused-ring (bicyclic) bond motifs is 3. The maximum absolute atomic E-state index is 6.89. The molecule has 2 aromatic rings. The number of benzene rings is 2. The third-order valence-electron chi connectivity index (χ3n) is 8.12. The first-order valence-electron chi connectivity index (χ1n) is 11.8. The Balaban J connectivity index is 1.82. The van der Waals surface area contributed by atoms with Gasteiger partial charge in [0.15, 0.2) is 0 Å². The van der Waals surface area contributed by atoms with E-state index in [1.165, 1.54) is 54.7 Å². The molecule has 0 amide bonds. The van der Waals surface area contributed by atoms with Crippen LogP contribution in [0.3, 0.4) is 0 Å². The zero-order valence-electron chi connectivity index (χ0n) is 20.3. The SMILES string of the molecule is CC1=C2C3=C(C)C(C)=C(c4ccccc4)P3(=S)[C@@H](C)C[C@H](C)P2(=S)C(c2ccccc2)=C1C. The van der Waals surface area contributed by atoms with Gasteiger partial charge < -0.3 is 0 Å². The summed E-state index contributed by atoms with van der Waals surface area (Å²) in [4.78, 5) is 0. The van der Waals surface area contributed by atoms with Gasteiger partial charge in [-0.05, 0) is 78.9 Å². The van der Waals surface area contributed by atoms with Gasteiger partial charge in [-0.25, -0.2) is 0 Å². The first-order valence-corrected chi connectivity index (χ1v) is 17.6. The van der Waals surface area contributed by atoms with Gasteiger partial charge in [0.25, 0.3) is 0 Å². The second-order valence-corrected chi connectivity index (χ2v) is 19.5. The van der Waals surface area contributed by atoms with Crippen LogP contribution in [0, 0.1) is 0 Å². The minimum absolute atomic E-state index is 0.447. The summed E-state index contributed by atoms with van der Waals surface area (Å²) < 4.78 is 0. The maximum atomic E-state index is 6.89. The van der Waals surface area contributed by atoms with E-state index < -0.39 is 12.1 Å². The molecular weight excluding hydrogens is 474 g/mol. The van der Waals surface area contributed by atoms with Gasteiger partial charge in [-0.2, -0.15) is 0 Å². The summed E-state index contributed by atoms with van der Waals surface area (Å²) in [6.07, 6.45) is 1.11. The van der Waals surface area contributed by atoms with Crippen LogP contribution in [0.2, 0.25) is 0 Å². The standard InChI is InChI=1S/C29H32P2S2/c1-18-17-19(2)31(33)27(25-15-11-8-12-16-25)21(4)23(6)29(31)28-22(5)20(3)26(30(18,28)32)24-13-9-7-10-14-24/h7-16,18-19H,17H2,1-6H3/t18-,19-,30?,31?/m0/s1. The van der Waals surface area contributed by atoms with E-state index in [4.69, 9.17) is 23.6 Å². The second-order valence-electron chi connectivity index (χ2n) is 9.88. The van der Waals surface area contributed by atoms with E-state index in [0.29, 0.717) is 11.3 Å². The van der Waals surface area contributed by atoms with Gasteiger partial charge in [-0.3, -0.25) is 0 Å². The fourth-order valence-electron chi connectivity index (χ4n) is 6.28. The highest BCUT2D eigenvalue weighted by atomic mass is 32.4. The number of rotatable bonds is 2. The van der Waals surface area contributed by atoms with Crippen LogP contribution in [0.5, 0.6) is 0 Å². The molecule has 1 saturated heterocycles. The van der Waals surface area contributed by atoms with E-state index in [9.17, 15) is 0 Å². The van der Waals surface area contributed by atoms with E-state index in [0.717, 1.165) is 6.42 Å². The van der Waals surface area contributed by atoms with Crippen molar-refractivity contribution in [1.82, 2.24) is 0 Å². The van der Waals surface area contributed by atoms with Gasteiger partial charge >= 0.3 is 0 Å². The third kappa shape index (κ3) is 3.07. The summed E-state index contributed by atoms with van der Waals surface area (Å²) in [7, 11) is 0. The fraction of sp³-hybridized carbons (Fsp3) is 0.310. The Labute approximate surface area is 209 Å². The highest BCUT2D eigenvalue weighted by Gasteiger charge is 2.53. The molecule has 1 fully saturated rings. The fourth-order valence-corrected chi connectivity index (χ4v) is 19.3. The average molecular weight is 507 g/mol. The molecular formula is C29H32P2S2. The predicted octanol–water partition coefficient (Wildman–Crippen LogP) is 9.56. The molecule has 0 aromatic heterocycles. The summed E-state index contributed by atoms with van der Waals surface area (Å²) in [5, 5.41) is 5.85. The number of hydrogen-bond acceptors (Lipinski definition) is 2. The lowest BCUT2D eigenvalue weighted by atomic mass is 10.0. The Morgan fingerprint density at radius 3 is 1.18 bits per heavy atom. The molecule has 4 heteroatoms. The van der Waals surface area contributed by atoms with Crippen LogP contribution >= 0.6 is 12.1 Å². The van der Waals surface area contributed by atoms with Crippen molar-refractivity contribution in [3.8, 4) is 0 Å². The Morgan fingerprint density at radius 2 is 0.848 bits per heavy atom. The second kappa shape index (κ2) is 8.13. The van der Waals surface area contributed by atoms with Crippen LogP contribution < -0.4 is 0 Å². The Kier molecular flexibility index (Phi) is 5.78. The molecule has 170 valence electrons. The molecule has 0 N–H and O–H groups in total. The van der Waals surface area contributed by atoms with Gasteiger partial charge in [0.2, 0.25) is 0 Å². The maximum Gasteiger partial charge on any atom is 0.0151 e. The molecule has 0 bridgehead atoms. The highest BCUT2D eigenvalue weighted by Crippen LogP contribution is 2.88. The zero-order valence-corrected chi connectivity index (χ0v) is 23.8. The minimum Gasteiger partial charge on any atom is -0.0873 e. The van der Waals surface area contributed by atoms with Gasteiger partial charge in [0, 0.05) is 33.3 Å². The summed E-state index contributed by atoms with van der Waals surface area (Å²) in [5.41, 5.74) is 9.12. The van der Waals surface area contributed by atoms with Crippen molar-refractivity contribution in [3.05, 3.63) is 105 Å². The largest absolute Gasteiger partial charge is 0.0873 e. The predicted molar refractivity (Wildman–Crippen MR) is 156 cm³/mol. The lowest BCUT2D eigenvalue weighted by molar-refractivity contribution is 0.794.